The first kappa shape index (κ1) is 11.0. The number of rotatable bonds is 3. The Labute approximate surface area is 83.8 Å². The summed E-state index contributed by atoms with van der Waals surface area (Å²) in [5, 5.41) is 5.29. The fraction of sp³-hybridized carbons (Fsp3) is 0.778. The van der Waals surface area contributed by atoms with E-state index in [1.165, 1.54) is 0 Å². The first-order valence-electron chi connectivity index (χ1n) is 4.89. The first-order chi connectivity index (χ1) is 6.72. The summed E-state index contributed by atoms with van der Waals surface area (Å²) in [5.41, 5.74) is 0. The van der Waals surface area contributed by atoms with Crippen molar-refractivity contribution in [2.45, 2.75) is 18.9 Å². The summed E-state index contributed by atoms with van der Waals surface area (Å²) >= 11 is 0. The van der Waals surface area contributed by atoms with Crippen molar-refractivity contribution in [1.29, 1.82) is 0 Å². The molecule has 80 valence electrons. The number of nitrogens with one attached hydrogen (secondary N) is 2. The summed E-state index contributed by atoms with van der Waals surface area (Å²) in [5.74, 6) is 0. The van der Waals surface area contributed by atoms with Crippen LogP contribution in [0.5, 0.6) is 0 Å². The Morgan fingerprint density at radius 2 is 2.43 bits per heavy atom. The summed E-state index contributed by atoms with van der Waals surface area (Å²) in [4.78, 5) is 23.4. The van der Waals surface area contributed by atoms with Gasteiger partial charge in [-0.15, -0.1) is 0 Å². The minimum atomic E-state index is -0.252. The molecule has 5 nitrogen and oxygen atoms in total. The van der Waals surface area contributed by atoms with Crippen LogP contribution in [0.3, 0.4) is 0 Å². The number of amides is 2. The molecule has 0 aromatic carbocycles. The van der Waals surface area contributed by atoms with E-state index in [9.17, 15) is 9.59 Å². The monoisotopic (exact) mass is 199 g/mol. The van der Waals surface area contributed by atoms with Gasteiger partial charge in [-0.1, -0.05) is 0 Å². The van der Waals surface area contributed by atoms with E-state index in [1.54, 1.807) is 0 Å². The average Bonchev–Trinajstić information content (AvgIpc) is 2.15. The van der Waals surface area contributed by atoms with E-state index in [2.05, 4.69) is 15.5 Å². The fourth-order valence-corrected chi connectivity index (χ4v) is 1.66. The Morgan fingerprint density at radius 1 is 1.64 bits per heavy atom. The van der Waals surface area contributed by atoms with Crippen LogP contribution in [0.25, 0.3) is 0 Å². The molecule has 1 saturated heterocycles. The maximum absolute atomic E-state index is 11.2. The molecule has 14 heavy (non-hydrogen) atoms. The number of carbonyl (C=O) groups excluding carboxylic acids is 2. The highest BCUT2D eigenvalue weighted by Gasteiger charge is 2.18. The molecule has 1 aliphatic heterocycles. The maximum Gasteiger partial charge on any atom is 0.315 e. The van der Waals surface area contributed by atoms with Gasteiger partial charge >= 0.3 is 6.03 Å². The Balaban J connectivity index is 2.21. The highest BCUT2D eigenvalue weighted by Crippen LogP contribution is 2.07. The number of hydrogen-bond donors (Lipinski definition) is 2. The summed E-state index contributed by atoms with van der Waals surface area (Å²) in [6.07, 6.45) is 2.79. The van der Waals surface area contributed by atoms with Gasteiger partial charge in [0.15, 0.2) is 0 Å². The van der Waals surface area contributed by atoms with E-state index < -0.39 is 0 Å². The van der Waals surface area contributed by atoms with Crippen LogP contribution in [0.15, 0.2) is 0 Å². The number of likely N-dealkylation sites (tertiary alicyclic amines) is 1. The molecular formula is C9H17N3O2. The van der Waals surface area contributed by atoms with Crippen molar-refractivity contribution in [3.05, 3.63) is 0 Å². The van der Waals surface area contributed by atoms with Crippen LogP contribution in [-0.2, 0) is 4.79 Å². The Bertz CT molecular complexity index is 208. The van der Waals surface area contributed by atoms with Crippen LogP contribution < -0.4 is 10.6 Å². The molecule has 1 unspecified atom stereocenters. The molecular weight excluding hydrogens is 182 g/mol. The summed E-state index contributed by atoms with van der Waals surface area (Å²) in [6, 6.07) is -0.0437. The van der Waals surface area contributed by atoms with E-state index in [-0.39, 0.29) is 18.6 Å². The predicted molar refractivity (Wildman–Crippen MR) is 53.1 cm³/mol. The smallest absolute Gasteiger partial charge is 0.315 e. The van der Waals surface area contributed by atoms with E-state index in [4.69, 9.17) is 0 Å². The summed E-state index contributed by atoms with van der Waals surface area (Å²) in [6.45, 7) is 2.05. The quantitative estimate of drug-likeness (QED) is 0.607. The van der Waals surface area contributed by atoms with Crippen LogP contribution in [0.1, 0.15) is 12.8 Å². The number of urea groups is 1. The molecule has 1 fully saturated rings. The zero-order valence-electron chi connectivity index (χ0n) is 8.45. The van der Waals surface area contributed by atoms with Gasteiger partial charge in [0, 0.05) is 12.6 Å². The largest absolute Gasteiger partial charge is 0.334 e. The lowest BCUT2D eigenvalue weighted by Crippen LogP contribution is -2.49. The lowest BCUT2D eigenvalue weighted by Gasteiger charge is -2.30. The van der Waals surface area contributed by atoms with Gasteiger partial charge in [0.1, 0.15) is 6.29 Å². The molecule has 0 aliphatic carbocycles. The summed E-state index contributed by atoms with van der Waals surface area (Å²) in [7, 11) is 2.04. The van der Waals surface area contributed by atoms with Gasteiger partial charge in [-0.3, -0.25) is 0 Å². The van der Waals surface area contributed by atoms with Gasteiger partial charge in [0.05, 0.1) is 6.54 Å². The van der Waals surface area contributed by atoms with E-state index in [1.807, 2.05) is 7.05 Å². The van der Waals surface area contributed by atoms with Crippen LogP contribution in [0.2, 0.25) is 0 Å². The maximum atomic E-state index is 11.2. The van der Waals surface area contributed by atoms with Gasteiger partial charge in [-0.25, -0.2) is 4.79 Å². The highest BCUT2D eigenvalue weighted by molar-refractivity contribution is 5.76. The van der Waals surface area contributed by atoms with Crippen LogP contribution in [0, 0.1) is 0 Å². The zero-order valence-corrected chi connectivity index (χ0v) is 8.45. The molecule has 5 heteroatoms. The number of hydrogen-bond acceptors (Lipinski definition) is 3. The molecule has 0 radical (unpaired) electrons. The van der Waals surface area contributed by atoms with Gasteiger partial charge < -0.3 is 20.3 Å². The number of piperidine rings is 1. The van der Waals surface area contributed by atoms with Crippen molar-refractivity contribution >= 4 is 12.3 Å². The molecule has 0 spiro atoms. The number of aldehydes is 1. The van der Waals surface area contributed by atoms with Crippen LogP contribution in [0.4, 0.5) is 4.79 Å². The van der Waals surface area contributed by atoms with Gasteiger partial charge in [-0.2, -0.15) is 0 Å². The van der Waals surface area contributed by atoms with Gasteiger partial charge in [-0.05, 0) is 26.4 Å². The number of carbonyl (C=O) groups is 2. The second-order valence-electron chi connectivity index (χ2n) is 3.62. The molecule has 1 atom stereocenters. The second kappa shape index (κ2) is 5.59. The minimum Gasteiger partial charge on any atom is -0.334 e. The number of nitrogens with zero attached hydrogens (tertiary/aromatic N) is 1. The van der Waals surface area contributed by atoms with Gasteiger partial charge in [0.25, 0.3) is 0 Å². The molecule has 0 aromatic heterocycles. The third kappa shape index (κ3) is 3.74. The third-order valence-corrected chi connectivity index (χ3v) is 2.31. The highest BCUT2D eigenvalue weighted by atomic mass is 16.2. The lowest BCUT2D eigenvalue weighted by atomic mass is 10.1. The van der Waals surface area contributed by atoms with Gasteiger partial charge in [0.2, 0.25) is 0 Å². The normalized spacial score (nSPS) is 22.8. The zero-order chi connectivity index (χ0) is 10.4. The van der Waals surface area contributed by atoms with E-state index >= 15 is 0 Å². The molecule has 2 N–H and O–H groups in total. The Kier molecular flexibility index (Phi) is 4.39. The molecule has 1 heterocycles. The van der Waals surface area contributed by atoms with Crippen molar-refractivity contribution < 1.29 is 9.59 Å². The third-order valence-electron chi connectivity index (χ3n) is 2.31. The minimum absolute atomic E-state index is 0.0778. The van der Waals surface area contributed by atoms with Crippen molar-refractivity contribution in [2.75, 3.05) is 26.7 Å². The molecule has 0 aromatic rings. The molecule has 1 aliphatic rings. The second-order valence-corrected chi connectivity index (χ2v) is 3.62. The van der Waals surface area contributed by atoms with E-state index in [0.717, 1.165) is 25.9 Å². The molecule has 0 bridgehead atoms. The number of likely N-dealkylation sites (N-methyl/N-ethyl adjacent to an activating group) is 1. The Hall–Kier alpha value is -1.10. The molecule has 1 rings (SSSR count). The van der Waals surface area contributed by atoms with Crippen molar-refractivity contribution in [3.8, 4) is 0 Å². The molecule has 2 amide bonds. The van der Waals surface area contributed by atoms with E-state index in [0.29, 0.717) is 6.29 Å². The first-order valence-corrected chi connectivity index (χ1v) is 4.89. The summed E-state index contributed by atoms with van der Waals surface area (Å²) < 4.78 is 0. The fourth-order valence-electron chi connectivity index (χ4n) is 1.66. The SMILES string of the molecule is CN1CCCC(NC(=O)NCC=O)C1. The molecule has 0 saturated carbocycles. The van der Waals surface area contributed by atoms with Crippen molar-refractivity contribution in [2.24, 2.45) is 0 Å². The lowest BCUT2D eigenvalue weighted by molar-refractivity contribution is -0.107. The topological polar surface area (TPSA) is 61.4 Å². The average molecular weight is 199 g/mol. The van der Waals surface area contributed by atoms with Crippen molar-refractivity contribution in [3.63, 3.8) is 0 Å². The Morgan fingerprint density at radius 3 is 3.07 bits per heavy atom. The van der Waals surface area contributed by atoms with Crippen molar-refractivity contribution in [1.82, 2.24) is 15.5 Å². The van der Waals surface area contributed by atoms with Crippen LogP contribution >= 0.6 is 0 Å². The predicted octanol–water partition coefficient (Wildman–Crippen LogP) is -0.421. The van der Waals surface area contributed by atoms with Crippen LogP contribution in [-0.4, -0.2) is 49.9 Å². The standard InChI is InChI=1S/C9H17N3O2/c1-12-5-2-3-8(7-12)11-9(14)10-4-6-13/h6,8H,2-5,7H2,1H3,(H2,10,11,14).